The standard InChI is InChI=1S/2C10H7.2ClH.Pd/c2*1-2-6-10-8-4-3-7-9(10)5-1;;;/h2*1-7H;2*1H;/q2*-1;;;+2/p-2. The first-order valence-electron chi connectivity index (χ1n) is 6.88. The molecule has 4 aromatic carbocycles. The Balaban J connectivity index is 0.000000143. The van der Waals surface area contributed by atoms with Gasteiger partial charge in [0.25, 0.3) is 0 Å². The smallest absolute Gasteiger partial charge is 0.0801 e. The summed E-state index contributed by atoms with van der Waals surface area (Å²) in [5.41, 5.74) is 0. The summed E-state index contributed by atoms with van der Waals surface area (Å²) in [6.07, 6.45) is 0. The van der Waals surface area contributed by atoms with E-state index in [2.05, 4.69) is 48.5 Å². The van der Waals surface area contributed by atoms with E-state index < -0.39 is 0 Å². The molecule has 0 fully saturated rings. The number of benzene rings is 4. The Kier molecular flexibility index (Phi) is 8.15. The molecule has 0 saturated heterocycles. The van der Waals surface area contributed by atoms with Crippen LogP contribution in [-0.2, 0) is 15.9 Å². The van der Waals surface area contributed by atoms with Gasteiger partial charge < -0.3 is 0 Å². The SMILES string of the molecule is [Cl][Pd][Cl].[c-]1cccc2ccccc12.[c-]1cccc2ccccc12. The average molecular weight is 432 g/mol. The molecule has 0 nitrogen and oxygen atoms in total. The topological polar surface area (TPSA) is 0 Å². The van der Waals surface area contributed by atoms with E-state index in [9.17, 15) is 0 Å². The van der Waals surface area contributed by atoms with Crippen LogP contribution in [0.2, 0.25) is 0 Å². The van der Waals surface area contributed by atoms with Crippen LogP contribution in [-0.4, -0.2) is 0 Å². The van der Waals surface area contributed by atoms with Gasteiger partial charge >= 0.3 is 35.0 Å². The van der Waals surface area contributed by atoms with E-state index in [4.69, 9.17) is 19.1 Å². The van der Waals surface area contributed by atoms with Crippen LogP contribution in [0.15, 0.2) is 84.9 Å². The molecule has 0 amide bonds. The van der Waals surface area contributed by atoms with Gasteiger partial charge in [-0.3, -0.25) is 0 Å². The second-order valence-corrected chi connectivity index (χ2v) is 6.92. The summed E-state index contributed by atoms with van der Waals surface area (Å²) < 4.78 is 0. The van der Waals surface area contributed by atoms with Crippen molar-refractivity contribution in [2.24, 2.45) is 0 Å². The summed E-state index contributed by atoms with van der Waals surface area (Å²) in [5, 5.41) is 4.88. The molecule has 4 rings (SSSR count). The van der Waals surface area contributed by atoms with E-state index >= 15 is 0 Å². The second-order valence-electron chi connectivity index (χ2n) is 4.56. The van der Waals surface area contributed by atoms with Crippen molar-refractivity contribution in [2.75, 3.05) is 0 Å². The molecule has 0 aliphatic carbocycles. The third kappa shape index (κ3) is 5.98. The molecule has 0 aliphatic rings. The molecular weight excluding hydrogens is 418 g/mol. The molecule has 23 heavy (non-hydrogen) atoms. The fourth-order valence-corrected chi connectivity index (χ4v) is 2.13. The Morgan fingerprint density at radius 3 is 1.30 bits per heavy atom. The van der Waals surface area contributed by atoms with Gasteiger partial charge in [0.05, 0.1) is 0 Å². The van der Waals surface area contributed by atoms with Crippen LogP contribution in [0.25, 0.3) is 21.5 Å². The van der Waals surface area contributed by atoms with Crippen molar-refractivity contribution < 1.29 is 15.9 Å². The molecule has 0 unspecified atom stereocenters. The summed E-state index contributed by atoms with van der Waals surface area (Å²) in [4.78, 5) is 0. The summed E-state index contributed by atoms with van der Waals surface area (Å²) in [5.74, 6) is 0. The van der Waals surface area contributed by atoms with E-state index in [1.807, 2.05) is 48.5 Å². The number of hydrogen-bond acceptors (Lipinski definition) is 0. The predicted octanol–water partition coefficient (Wildman–Crippen LogP) is 6.66. The Bertz CT molecular complexity index is 644. The van der Waals surface area contributed by atoms with Crippen molar-refractivity contribution in [3.8, 4) is 0 Å². The van der Waals surface area contributed by atoms with Crippen molar-refractivity contribution >= 4 is 40.6 Å². The number of halogens is 2. The minimum Gasteiger partial charge on any atom is -0.147 e. The molecule has 4 aromatic rings. The van der Waals surface area contributed by atoms with Gasteiger partial charge in [-0.05, 0) is 0 Å². The maximum Gasteiger partial charge on any atom is -0.0801 e. The summed E-state index contributed by atoms with van der Waals surface area (Å²) >= 11 is -0.106. The maximum atomic E-state index is 4.81. The fourth-order valence-electron chi connectivity index (χ4n) is 2.13. The Morgan fingerprint density at radius 2 is 0.913 bits per heavy atom. The van der Waals surface area contributed by atoms with Crippen LogP contribution in [0.1, 0.15) is 0 Å². The minimum absolute atomic E-state index is 0.106. The van der Waals surface area contributed by atoms with Gasteiger partial charge in [0.1, 0.15) is 0 Å². The van der Waals surface area contributed by atoms with Gasteiger partial charge in [0, 0.05) is 0 Å². The molecule has 0 N–H and O–H groups in total. The molecule has 120 valence electrons. The zero-order chi connectivity index (χ0) is 16.3. The number of hydrogen-bond donors (Lipinski definition) is 0. The van der Waals surface area contributed by atoms with Crippen molar-refractivity contribution in [1.29, 1.82) is 0 Å². The molecular formula is C20H14Cl2Pd-2. The Labute approximate surface area is 153 Å². The van der Waals surface area contributed by atoms with Crippen molar-refractivity contribution in [1.82, 2.24) is 0 Å². The van der Waals surface area contributed by atoms with E-state index in [0.717, 1.165) is 0 Å². The van der Waals surface area contributed by atoms with Crippen molar-refractivity contribution in [3.63, 3.8) is 0 Å². The second kappa shape index (κ2) is 10.4. The van der Waals surface area contributed by atoms with Crippen LogP contribution in [0, 0.1) is 12.1 Å². The van der Waals surface area contributed by atoms with Crippen molar-refractivity contribution in [2.45, 2.75) is 0 Å². The molecule has 0 spiro atoms. The van der Waals surface area contributed by atoms with Crippen LogP contribution >= 0.6 is 19.1 Å². The van der Waals surface area contributed by atoms with Gasteiger partial charge in [0.2, 0.25) is 0 Å². The van der Waals surface area contributed by atoms with Gasteiger partial charge in [-0.25, -0.2) is 0 Å². The molecule has 0 saturated carbocycles. The molecule has 3 heteroatoms. The Hall–Kier alpha value is -1.36. The predicted molar refractivity (Wildman–Crippen MR) is 97.3 cm³/mol. The van der Waals surface area contributed by atoms with Gasteiger partial charge in [0.15, 0.2) is 0 Å². The van der Waals surface area contributed by atoms with Crippen molar-refractivity contribution in [3.05, 3.63) is 97.1 Å². The molecule has 0 aliphatic heterocycles. The normalized spacial score (nSPS) is 9.65. The average Bonchev–Trinajstić information content (AvgIpc) is 2.63. The van der Waals surface area contributed by atoms with E-state index in [1.54, 1.807) is 0 Å². The van der Waals surface area contributed by atoms with Gasteiger partial charge in [-0.1, -0.05) is 24.3 Å². The van der Waals surface area contributed by atoms with Crippen LogP contribution in [0.3, 0.4) is 0 Å². The third-order valence-corrected chi connectivity index (χ3v) is 3.14. The summed E-state index contributed by atoms with van der Waals surface area (Å²) in [6.45, 7) is 0. The number of rotatable bonds is 0. The monoisotopic (exact) mass is 430 g/mol. The molecule has 0 heterocycles. The summed E-state index contributed by atoms with van der Waals surface area (Å²) in [7, 11) is 9.63. The number of fused-ring (bicyclic) bond motifs is 2. The summed E-state index contributed by atoms with van der Waals surface area (Å²) in [6, 6.07) is 34.8. The zero-order valence-corrected chi connectivity index (χ0v) is 15.2. The first-order chi connectivity index (χ1) is 11.3. The minimum atomic E-state index is -0.106. The quantitative estimate of drug-likeness (QED) is 0.216. The molecule has 0 aromatic heterocycles. The maximum absolute atomic E-state index is 4.81. The third-order valence-electron chi connectivity index (χ3n) is 3.14. The van der Waals surface area contributed by atoms with E-state index in [0.29, 0.717) is 0 Å². The Morgan fingerprint density at radius 1 is 0.565 bits per heavy atom. The molecule has 0 radical (unpaired) electrons. The molecule has 0 atom stereocenters. The van der Waals surface area contributed by atoms with Crippen LogP contribution < -0.4 is 0 Å². The van der Waals surface area contributed by atoms with E-state index in [1.165, 1.54) is 21.5 Å². The molecule has 0 bridgehead atoms. The fraction of sp³-hybridized carbons (Fsp3) is 0. The van der Waals surface area contributed by atoms with Crippen LogP contribution in [0.5, 0.6) is 0 Å². The van der Waals surface area contributed by atoms with Gasteiger partial charge in [-0.15, -0.1) is 94.3 Å². The van der Waals surface area contributed by atoms with E-state index in [-0.39, 0.29) is 15.9 Å². The largest absolute Gasteiger partial charge is 0.147 e. The first kappa shape index (κ1) is 18.0. The van der Waals surface area contributed by atoms with Gasteiger partial charge in [-0.2, -0.15) is 0 Å². The zero-order valence-electron chi connectivity index (χ0n) is 12.2. The van der Waals surface area contributed by atoms with Crippen LogP contribution in [0.4, 0.5) is 0 Å². The first-order valence-corrected chi connectivity index (χ1v) is 10.9.